The van der Waals surface area contributed by atoms with Crippen molar-refractivity contribution >= 4 is 14.0 Å². The molecule has 5 nitrogen and oxygen atoms in total. The molecule has 0 saturated heterocycles. The number of fused-ring (bicyclic) bond motifs is 1. The fraction of sp³-hybridized carbons (Fsp3) is 0.737. The molecule has 0 bridgehead atoms. The molecule has 0 unspecified atom stereocenters. The van der Waals surface area contributed by atoms with Crippen molar-refractivity contribution in [2.75, 3.05) is 0 Å². The molecule has 6 heteroatoms. The van der Waals surface area contributed by atoms with E-state index in [1.165, 1.54) is 0 Å². The third-order valence-electron chi connectivity index (χ3n) is 6.02. The Kier molecular flexibility index (Phi) is 4.16. The SMILES string of the molecule is CC1=[N+]([O-])O[C@@]2(O[Si](C)(C)C)C(C)(C)CCC[C@@]2(C)[C@H]1c1ccoc1. The van der Waals surface area contributed by atoms with E-state index in [2.05, 4.69) is 40.4 Å². The summed E-state index contributed by atoms with van der Waals surface area (Å²) >= 11 is 0. The van der Waals surface area contributed by atoms with Gasteiger partial charge in [-0.3, -0.25) is 5.21 Å². The Labute approximate surface area is 151 Å². The lowest BCUT2D eigenvalue weighted by atomic mass is 9.52. The van der Waals surface area contributed by atoms with Gasteiger partial charge in [0, 0.05) is 28.2 Å². The van der Waals surface area contributed by atoms with Crippen molar-refractivity contribution in [1.82, 2.24) is 0 Å². The molecule has 0 radical (unpaired) electrons. The summed E-state index contributed by atoms with van der Waals surface area (Å²) in [4.78, 5) is 6.84. The minimum atomic E-state index is -1.99. The van der Waals surface area contributed by atoms with Crippen LogP contribution in [-0.4, -0.2) is 24.7 Å². The van der Waals surface area contributed by atoms with Gasteiger partial charge in [-0.1, -0.05) is 27.2 Å². The van der Waals surface area contributed by atoms with Gasteiger partial charge in [0.25, 0.3) is 0 Å². The summed E-state index contributed by atoms with van der Waals surface area (Å²) in [5, 5.41) is 12.8. The van der Waals surface area contributed by atoms with E-state index in [4.69, 9.17) is 13.7 Å². The summed E-state index contributed by atoms with van der Waals surface area (Å²) in [5.74, 6) is -1.04. The quantitative estimate of drug-likeness (QED) is 0.556. The van der Waals surface area contributed by atoms with Gasteiger partial charge in [0.1, 0.15) is 0 Å². The topological polar surface area (TPSA) is 57.7 Å². The largest absolute Gasteiger partial charge is 0.472 e. The summed E-state index contributed by atoms with van der Waals surface area (Å²) in [6.07, 6.45) is 6.43. The summed E-state index contributed by atoms with van der Waals surface area (Å²) in [5.41, 5.74) is 1.07. The Morgan fingerprint density at radius 3 is 2.48 bits per heavy atom. The predicted molar refractivity (Wildman–Crippen MR) is 99.7 cm³/mol. The van der Waals surface area contributed by atoms with Gasteiger partial charge in [-0.05, 0) is 38.5 Å². The fourth-order valence-corrected chi connectivity index (χ4v) is 6.48. The van der Waals surface area contributed by atoms with Crippen LogP contribution < -0.4 is 0 Å². The van der Waals surface area contributed by atoms with Crippen LogP contribution in [0.4, 0.5) is 0 Å². The van der Waals surface area contributed by atoms with Crippen LogP contribution in [0.3, 0.4) is 0 Å². The molecule has 0 N–H and O–H groups in total. The third kappa shape index (κ3) is 2.65. The molecule has 1 aliphatic heterocycles. The highest BCUT2D eigenvalue weighted by Crippen LogP contribution is 2.64. The summed E-state index contributed by atoms with van der Waals surface area (Å²) in [6.45, 7) is 14.9. The second kappa shape index (κ2) is 5.61. The zero-order chi connectivity index (χ0) is 18.7. The molecule has 1 saturated carbocycles. The molecule has 3 rings (SSSR count). The smallest absolute Gasteiger partial charge is 0.227 e. The lowest BCUT2D eigenvalue weighted by molar-refractivity contribution is -0.803. The highest BCUT2D eigenvalue weighted by atomic mass is 28.4. The highest BCUT2D eigenvalue weighted by Gasteiger charge is 2.68. The fourth-order valence-electron chi connectivity index (χ4n) is 5.07. The van der Waals surface area contributed by atoms with Gasteiger partial charge in [0.15, 0.2) is 14.1 Å². The molecule has 1 fully saturated rings. The standard InChI is InChI=1S/C19H31NO4Si/c1-14-16(15-9-12-22-13-15)18(4)11-8-10-17(2,3)19(18,23-20(14)21)24-25(5,6)7/h9,12-13,16H,8,10-11H2,1-7H3/t16-,18+,19-/m1/s1. The Morgan fingerprint density at radius 1 is 1.24 bits per heavy atom. The zero-order valence-electron chi connectivity index (χ0n) is 16.5. The Balaban J connectivity index is 2.26. The van der Waals surface area contributed by atoms with Crippen LogP contribution in [0.5, 0.6) is 0 Å². The first-order valence-corrected chi connectivity index (χ1v) is 12.6. The Bertz CT molecular complexity index is 676. The van der Waals surface area contributed by atoms with Gasteiger partial charge in [0.2, 0.25) is 5.71 Å². The summed E-state index contributed by atoms with van der Waals surface area (Å²) < 4.78 is 12.1. The van der Waals surface area contributed by atoms with E-state index in [0.717, 1.165) is 24.8 Å². The van der Waals surface area contributed by atoms with Crippen LogP contribution in [0, 0.1) is 16.0 Å². The molecule has 0 amide bonds. The number of nitrogens with zero attached hydrogens (tertiary/aromatic N) is 1. The van der Waals surface area contributed by atoms with E-state index < -0.39 is 14.1 Å². The molecular weight excluding hydrogens is 334 g/mol. The van der Waals surface area contributed by atoms with Gasteiger partial charge in [-0.15, -0.1) is 0 Å². The second-order valence-corrected chi connectivity index (χ2v) is 13.9. The summed E-state index contributed by atoms with van der Waals surface area (Å²) in [6, 6.07) is 1.96. The molecule has 3 atom stereocenters. The monoisotopic (exact) mass is 365 g/mol. The van der Waals surface area contributed by atoms with E-state index in [-0.39, 0.29) is 16.7 Å². The van der Waals surface area contributed by atoms with E-state index >= 15 is 0 Å². The number of hydrogen-bond donors (Lipinski definition) is 0. The van der Waals surface area contributed by atoms with Crippen LogP contribution in [-0.2, 0) is 9.26 Å². The third-order valence-corrected chi connectivity index (χ3v) is 6.92. The Hall–Kier alpha value is -1.27. The van der Waals surface area contributed by atoms with Crippen LogP contribution in [0.2, 0.25) is 19.6 Å². The first-order valence-electron chi connectivity index (χ1n) is 9.16. The maximum absolute atomic E-state index is 12.8. The molecule has 0 spiro atoms. The molecule has 25 heavy (non-hydrogen) atoms. The van der Waals surface area contributed by atoms with Crippen LogP contribution >= 0.6 is 0 Å². The number of furan rings is 1. The van der Waals surface area contributed by atoms with Crippen molar-refractivity contribution in [2.24, 2.45) is 10.8 Å². The molecule has 2 heterocycles. The minimum Gasteiger partial charge on any atom is -0.472 e. The number of rotatable bonds is 3. The zero-order valence-corrected chi connectivity index (χ0v) is 17.5. The minimum absolute atomic E-state index is 0.0894. The predicted octanol–water partition coefficient (Wildman–Crippen LogP) is 5.04. The van der Waals surface area contributed by atoms with Crippen molar-refractivity contribution in [2.45, 2.75) is 78.3 Å². The average molecular weight is 366 g/mol. The molecule has 2 aliphatic rings. The van der Waals surface area contributed by atoms with Crippen molar-refractivity contribution in [3.05, 3.63) is 29.4 Å². The number of hydrogen-bond acceptors (Lipinski definition) is 4. The van der Waals surface area contributed by atoms with E-state index in [0.29, 0.717) is 10.6 Å². The van der Waals surface area contributed by atoms with E-state index in [1.54, 1.807) is 12.5 Å². The van der Waals surface area contributed by atoms with Gasteiger partial charge >= 0.3 is 0 Å². The van der Waals surface area contributed by atoms with Crippen molar-refractivity contribution in [3.8, 4) is 0 Å². The maximum atomic E-state index is 12.8. The first kappa shape index (κ1) is 18.5. The maximum Gasteiger partial charge on any atom is 0.227 e. The highest BCUT2D eigenvalue weighted by molar-refractivity contribution is 6.69. The molecule has 1 aliphatic carbocycles. The second-order valence-electron chi connectivity index (χ2n) is 9.47. The normalized spacial score (nSPS) is 35.2. The average Bonchev–Trinajstić information content (AvgIpc) is 2.95. The van der Waals surface area contributed by atoms with Gasteiger partial charge in [-0.2, -0.15) is 0 Å². The van der Waals surface area contributed by atoms with Crippen LogP contribution in [0.25, 0.3) is 0 Å². The Morgan fingerprint density at radius 2 is 1.92 bits per heavy atom. The van der Waals surface area contributed by atoms with Gasteiger partial charge in [-0.25, -0.2) is 0 Å². The molecule has 0 aromatic carbocycles. The van der Waals surface area contributed by atoms with Gasteiger partial charge < -0.3 is 13.7 Å². The molecular formula is C19H31NO4Si. The molecule has 1 aromatic rings. The van der Waals surface area contributed by atoms with E-state index in [1.807, 2.05) is 13.0 Å². The molecule has 140 valence electrons. The van der Waals surface area contributed by atoms with Crippen LogP contribution in [0.15, 0.2) is 23.0 Å². The lowest BCUT2D eigenvalue weighted by Gasteiger charge is -2.65. The molecule has 1 aromatic heterocycles. The van der Waals surface area contributed by atoms with E-state index in [9.17, 15) is 5.21 Å². The van der Waals surface area contributed by atoms with Gasteiger partial charge in [0.05, 0.1) is 18.4 Å². The van der Waals surface area contributed by atoms with Crippen molar-refractivity contribution < 1.29 is 18.6 Å². The van der Waals surface area contributed by atoms with Crippen LogP contribution in [0.1, 0.15) is 58.4 Å². The first-order chi connectivity index (χ1) is 11.4. The summed E-state index contributed by atoms with van der Waals surface area (Å²) in [7, 11) is -1.99. The lowest BCUT2D eigenvalue weighted by Crippen LogP contribution is -2.70. The van der Waals surface area contributed by atoms with Crippen molar-refractivity contribution in [1.29, 1.82) is 0 Å². The van der Waals surface area contributed by atoms with Crippen molar-refractivity contribution in [3.63, 3.8) is 0 Å².